The molecule has 0 spiro atoms. The van der Waals surface area contributed by atoms with Gasteiger partial charge in [-0.2, -0.15) is 0 Å². The van der Waals surface area contributed by atoms with Gasteiger partial charge in [0.25, 0.3) is 0 Å². The Bertz CT molecular complexity index is 554. The average molecular weight is 310 g/mol. The zero-order valence-electron chi connectivity index (χ0n) is 13.1. The maximum absolute atomic E-state index is 12.0. The minimum Gasteiger partial charge on any atom is -0.382 e. The summed E-state index contributed by atoms with van der Waals surface area (Å²) >= 11 is 0. The summed E-state index contributed by atoms with van der Waals surface area (Å²) < 4.78 is 26.6. The second-order valence-corrected chi connectivity index (χ2v) is 7.85. The largest absolute Gasteiger partial charge is 0.382 e. The van der Waals surface area contributed by atoms with Crippen LogP contribution >= 0.6 is 0 Å². The highest BCUT2D eigenvalue weighted by molar-refractivity contribution is 7.89. The molecule has 1 aromatic rings. The van der Waals surface area contributed by atoms with E-state index in [0.717, 1.165) is 18.0 Å². The fraction of sp³-hybridized carbons (Fsp3) is 0.625. The van der Waals surface area contributed by atoms with Crippen molar-refractivity contribution in [3.05, 3.63) is 24.3 Å². The van der Waals surface area contributed by atoms with E-state index in [9.17, 15) is 8.42 Å². The van der Waals surface area contributed by atoms with Crippen molar-refractivity contribution < 1.29 is 8.42 Å². The van der Waals surface area contributed by atoms with Crippen LogP contribution in [-0.4, -0.2) is 21.0 Å². The lowest BCUT2D eigenvalue weighted by atomic mass is 9.98. The van der Waals surface area contributed by atoms with E-state index < -0.39 is 10.0 Å². The van der Waals surface area contributed by atoms with Gasteiger partial charge in [-0.1, -0.05) is 20.8 Å². The van der Waals surface area contributed by atoms with E-state index in [1.807, 2.05) is 19.1 Å². The molecule has 1 fully saturated rings. The lowest BCUT2D eigenvalue weighted by molar-refractivity contribution is 0.435. The van der Waals surface area contributed by atoms with E-state index in [-0.39, 0.29) is 0 Å². The van der Waals surface area contributed by atoms with Gasteiger partial charge in [-0.05, 0) is 55.4 Å². The summed E-state index contributed by atoms with van der Waals surface area (Å²) in [6.07, 6.45) is 3.23. The number of benzene rings is 1. The third kappa shape index (κ3) is 3.98. The van der Waals surface area contributed by atoms with Crippen LogP contribution in [-0.2, 0) is 10.0 Å². The summed E-state index contributed by atoms with van der Waals surface area (Å²) in [4.78, 5) is 0.328. The molecular weight excluding hydrogens is 284 g/mol. The molecule has 0 aromatic heterocycles. The van der Waals surface area contributed by atoms with Crippen LogP contribution in [0.5, 0.6) is 0 Å². The Morgan fingerprint density at radius 2 is 1.81 bits per heavy atom. The fourth-order valence-electron chi connectivity index (χ4n) is 2.83. The van der Waals surface area contributed by atoms with Crippen LogP contribution in [0.2, 0.25) is 0 Å². The standard InChI is InChI=1S/C16H26N2O2S/c1-4-11-17-21(19,20)15-8-6-14(7-9-15)18-16-10-5-12(2)13(16)3/h6-9,12-13,16-18H,4-5,10-11H2,1-3H3. The third-order valence-corrected chi connectivity index (χ3v) is 6.00. The molecule has 1 saturated carbocycles. The van der Waals surface area contributed by atoms with Gasteiger partial charge in [-0.3, -0.25) is 0 Å². The summed E-state index contributed by atoms with van der Waals surface area (Å²) in [5.74, 6) is 1.40. The van der Waals surface area contributed by atoms with E-state index in [2.05, 4.69) is 23.9 Å². The molecule has 1 aliphatic rings. The van der Waals surface area contributed by atoms with E-state index in [1.54, 1.807) is 12.1 Å². The summed E-state index contributed by atoms with van der Waals surface area (Å²) in [7, 11) is -3.36. The molecule has 0 amide bonds. The van der Waals surface area contributed by atoms with E-state index in [0.29, 0.717) is 23.4 Å². The first-order valence-corrected chi connectivity index (χ1v) is 9.28. The fourth-order valence-corrected chi connectivity index (χ4v) is 3.97. The number of hydrogen-bond donors (Lipinski definition) is 2. The maximum atomic E-state index is 12.0. The van der Waals surface area contributed by atoms with Crippen molar-refractivity contribution >= 4 is 15.7 Å². The van der Waals surface area contributed by atoms with Crippen molar-refractivity contribution in [2.75, 3.05) is 11.9 Å². The highest BCUT2D eigenvalue weighted by Crippen LogP contribution is 2.33. The van der Waals surface area contributed by atoms with Gasteiger partial charge in [0, 0.05) is 18.3 Å². The van der Waals surface area contributed by atoms with Gasteiger partial charge in [0.1, 0.15) is 0 Å². The van der Waals surface area contributed by atoms with E-state index in [4.69, 9.17) is 0 Å². The Morgan fingerprint density at radius 1 is 1.14 bits per heavy atom. The van der Waals surface area contributed by atoms with Crippen LogP contribution in [0.15, 0.2) is 29.2 Å². The van der Waals surface area contributed by atoms with Crippen molar-refractivity contribution in [3.63, 3.8) is 0 Å². The van der Waals surface area contributed by atoms with Crippen molar-refractivity contribution in [1.82, 2.24) is 4.72 Å². The SMILES string of the molecule is CCCNS(=O)(=O)c1ccc(NC2CCC(C)C2C)cc1. The molecule has 118 valence electrons. The van der Waals surface area contributed by atoms with Gasteiger partial charge in [-0.15, -0.1) is 0 Å². The van der Waals surface area contributed by atoms with Crippen molar-refractivity contribution in [2.24, 2.45) is 11.8 Å². The predicted molar refractivity (Wildman–Crippen MR) is 86.9 cm³/mol. The summed E-state index contributed by atoms with van der Waals surface area (Å²) in [6.45, 7) is 6.99. The average Bonchev–Trinajstić information content (AvgIpc) is 2.78. The number of rotatable bonds is 6. The Balaban J connectivity index is 2.02. The molecule has 2 rings (SSSR count). The van der Waals surface area contributed by atoms with Gasteiger partial charge in [0.05, 0.1) is 4.90 Å². The van der Waals surface area contributed by atoms with Crippen LogP contribution < -0.4 is 10.0 Å². The van der Waals surface area contributed by atoms with Crippen LogP contribution in [0.4, 0.5) is 5.69 Å². The van der Waals surface area contributed by atoms with E-state index in [1.165, 1.54) is 12.8 Å². The Hall–Kier alpha value is -1.07. The zero-order chi connectivity index (χ0) is 15.5. The number of hydrogen-bond acceptors (Lipinski definition) is 3. The van der Waals surface area contributed by atoms with Gasteiger partial charge in [0.2, 0.25) is 10.0 Å². The van der Waals surface area contributed by atoms with Crippen LogP contribution in [0.3, 0.4) is 0 Å². The molecule has 3 unspecified atom stereocenters. The molecule has 3 atom stereocenters. The van der Waals surface area contributed by atoms with Crippen molar-refractivity contribution in [3.8, 4) is 0 Å². The smallest absolute Gasteiger partial charge is 0.240 e. The minimum absolute atomic E-state index is 0.328. The van der Waals surface area contributed by atoms with Gasteiger partial charge in [-0.25, -0.2) is 13.1 Å². The summed E-state index contributed by atoms with van der Waals surface area (Å²) in [5, 5.41) is 3.53. The summed E-state index contributed by atoms with van der Waals surface area (Å²) in [6, 6.07) is 7.54. The first-order valence-electron chi connectivity index (χ1n) is 7.80. The quantitative estimate of drug-likeness (QED) is 0.848. The molecule has 0 aliphatic heterocycles. The molecule has 21 heavy (non-hydrogen) atoms. The molecule has 1 aromatic carbocycles. The second-order valence-electron chi connectivity index (χ2n) is 6.09. The molecule has 5 heteroatoms. The monoisotopic (exact) mass is 310 g/mol. The first-order chi connectivity index (χ1) is 9.94. The van der Waals surface area contributed by atoms with Crippen LogP contribution in [0, 0.1) is 11.8 Å². The van der Waals surface area contributed by atoms with Crippen LogP contribution in [0.1, 0.15) is 40.0 Å². The third-order valence-electron chi connectivity index (χ3n) is 4.52. The molecule has 0 radical (unpaired) electrons. The molecule has 2 N–H and O–H groups in total. The molecular formula is C16H26N2O2S. The van der Waals surface area contributed by atoms with Gasteiger partial charge >= 0.3 is 0 Å². The molecule has 0 bridgehead atoms. The number of nitrogens with one attached hydrogen (secondary N) is 2. The Kier molecular flexibility index (Phi) is 5.27. The van der Waals surface area contributed by atoms with Gasteiger partial charge < -0.3 is 5.32 Å². The lowest BCUT2D eigenvalue weighted by Crippen LogP contribution is -2.25. The molecule has 0 heterocycles. The number of sulfonamides is 1. The molecule has 4 nitrogen and oxygen atoms in total. The number of anilines is 1. The maximum Gasteiger partial charge on any atom is 0.240 e. The summed E-state index contributed by atoms with van der Waals surface area (Å²) in [5.41, 5.74) is 0.996. The zero-order valence-corrected chi connectivity index (χ0v) is 13.9. The van der Waals surface area contributed by atoms with Gasteiger partial charge in [0.15, 0.2) is 0 Å². The van der Waals surface area contributed by atoms with E-state index >= 15 is 0 Å². The predicted octanol–water partition coefficient (Wildman–Crippen LogP) is 3.22. The first kappa shape index (κ1) is 16.3. The van der Waals surface area contributed by atoms with Crippen molar-refractivity contribution in [1.29, 1.82) is 0 Å². The highest BCUT2D eigenvalue weighted by atomic mass is 32.2. The van der Waals surface area contributed by atoms with Crippen molar-refractivity contribution in [2.45, 2.75) is 51.0 Å². The topological polar surface area (TPSA) is 58.2 Å². The Morgan fingerprint density at radius 3 is 2.33 bits per heavy atom. The normalized spacial score (nSPS) is 26.0. The molecule has 0 saturated heterocycles. The second kappa shape index (κ2) is 6.79. The molecule has 1 aliphatic carbocycles. The van der Waals surface area contributed by atoms with Crippen LogP contribution in [0.25, 0.3) is 0 Å². The lowest BCUT2D eigenvalue weighted by Gasteiger charge is -2.21. The Labute approximate surface area is 128 Å². The minimum atomic E-state index is -3.36. The highest BCUT2D eigenvalue weighted by Gasteiger charge is 2.29.